The standard InChI is InChI=1S/C21H22ClN3O3/c1-4-17(27-18-8-6-5-7-16(18)22)21(26)25(3)13-19-23-20(24-28-19)15-11-9-14(2)10-12-15/h5-12,17H,4,13H2,1-3H3. The van der Waals surface area contributed by atoms with Gasteiger partial charge in [-0.05, 0) is 25.5 Å². The zero-order valence-electron chi connectivity index (χ0n) is 16.1. The van der Waals surface area contributed by atoms with Crippen LogP contribution in [-0.4, -0.2) is 34.1 Å². The van der Waals surface area contributed by atoms with Crippen LogP contribution in [0.1, 0.15) is 24.8 Å². The second-order valence-corrected chi connectivity index (χ2v) is 6.92. The molecule has 0 fully saturated rings. The number of hydrogen-bond donors (Lipinski definition) is 0. The van der Waals surface area contributed by atoms with E-state index in [2.05, 4.69) is 10.1 Å². The van der Waals surface area contributed by atoms with E-state index in [4.69, 9.17) is 20.9 Å². The van der Waals surface area contributed by atoms with E-state index < -0.39 is 6.10 Å². The van der Waals surface area contributed by atoms with Gasteiger partial charge in [0.2, 0.25) is 11.7 Å². The number of rotatable bonds is 7. The van der Waals surface area contributed by atoms with E-state index in [0.717, 1.165) is 11.1 Å². The average Bonchev–Trinajstić information content (AvgIpc) is 3.16. The van der Waals surface area contributed by atoms with E-state index in [1.54, 1.807) is 19.2 Å². The zero-order valence-corrected chi connectivity index (χ0v) is 16.8. The Kier molecular flexibility index (Phi) is 6.31. The lowest BCUT2D eigenvalue weighted by Crippen LogP contribution is -2.39. The molecule has 1 amide bonds. The SMILES string of the molecule is CCC(Oc1ccccc1Cl)C(=O)N(C)Cc1nc(-c2ccc(C)cc2)no1. The Morgan fingerprint density at radius 2 is 1.93 bits per heavy atom. The van der Waals surface area contributed by atoms with Crippen LogP contribution in [0.2, 0.25) is 5.02 Å². The maximum atomic E-state index is 12.8. The third-order valence-corrected chi connectivity index (χ3v) is 4.59. The molecule has 6 nitrogen and oxygen atoms in total. The minimum absolute atomic E-state index is 0.183. The van der Waals surface area contributed by atoms with Gasteiger partial charge >= 0.3 is 0 Å². The van der Waals surface area contributed by atoms with Crippen LogP contribution < -0.4 is 4.74 Å². The third-order valence-electron chi connectivity index (χ3n) is 4.28. The van der Waals surface area contributed by atoms with Crippen LogP contribution >= 0.6 is 11.6 Å². The molecule has 0 radical (unpaired) electrons. The summed E-state index contributed by atoms with van der Waals surface area (Å²) in [7, 11) is 1.68. The first-order chi connectivity index (χ1) is 13.5. The van der Waals surface area contributed by atoms with Crippen molar-refractivity contribution in [2.45, 2.75) is 32.9 Å². The molecule has 0 saturated heterocycles. The summed E-state index contributed by atoms with van der Waals surface area (Å²) in [6, 6.07) is 14.9. The van der Waals surface area contributed by atoms with Crippen molar-refractivity contribution in [1.29, 1.82) is 0 Å². The molecule has 1 unspecified atom stereocenters. The number of amides is 1. The lowest BCUT2D eigenvalue weighted by molar-refractivity contribution is -0.138. The summed E-state index contributed by atoms with van der Waals surface area (Å²) in [5, 5.41) is 4.47. The highest BCUT2D eigenvalue weighted by Crippen LogP contribution is 2.25. The smallest absolute Gasteiger partial charge is 0.263 e. The van der Waals surface area contributed by atoms with E-state index in [-0.39, 0.29) is 12.5 Å². The van der Waals surface area contributed by atoms with Crippen LogP contribution in [0, 0.1) is 6.92 Å². The van der Waals surface area contributed by atoms with Crippen LogP contribution in [0.15, 0.2) is 53.1 Å². The van der Waals surface area contributed by atoms with E-state index in [9.17, 15) is 4.79 Å². The number of carbonyl (C=O) groups is 1. The molecule has 28 heavy (non-hydrogen) atoms. The van der Waals surface area contributed by atoms with Gasteiger partial charge in [0.05, 0.1) is 11.6 Å². The Morgan fingerprint density at radius 3 is 2.61 bits per heavy atom. The fourth-order valence-electron chi connectivity index (χ4n) is 2.67. The van der Waals surface area contributed by atoms with Crippen molar-refractivity contribution >= 4 is 17.5 Å². The second-order valence-electron chi connectivity index (χ2n) is 6.52. The topological polar surface area (TPSA) is 68.5 Å². The first-order valence-corrected chi connectivity index (χ1v) is 9.41. The Bertz CT molecular complexity index is 940. The maximum absolute atomic E-state index is 12.8. The van der Waals surface area contributed by atoms with Gasteiger partial charge in [0, 0.05) is 12.6 Å². The van der Waals surface area contributed by atoms with E-state index >= 15 is 0 Å². The van der Waals surface area contributed by atoms with Crippen molar-refractivity contribution in [1.82, 2.24) is 15.0 Å². The molecule has 0 aliphatic rings. The molecule has 0 N–H and O–H groups in total. The maximum Gasteiger partial charge on any atom is 0.263 e. The van der Waals surface area contributed by atoms with Gasteiger partial charge in [-0.2, -0.15) is 4.98 Å². The van der Waals surface area contributed by atoms with Gasteiger partial charge in [0.25, 0.3) is 5.91 Å². The molecule has 1 heterocycles. The van der Waals surface area contributed by atoms with Gasteiger partial charge in [-0.1, -0.05) is 65.6 Å². The highest BCUT2D eigenvalue weighted by atomic mass is 35.5. The molecule has 7 heteroatoms. The van der Waals surface area contributed by atoms with Crippen LogP contribution in [0.3, 0.4) is 0 Å². The molecule has 3 rings (SSSR count). The summed E-state index contributed by atoms with van der Waals surface area (Å²) in [5.74, 6) is 1.16. The fourth-order valence-corrected chi connectivity index (χ4v) is 2.85. The molecule has 1 atom stereocenters. The monoisotopic (exact) mass is 399 g/mol. The molecule has 0 bridgehead atoms. The lowest BCUT2D eigenvalue weighted by Gasteiger charge is -2.23. The molecule has 0 aliphatic carbocycles. The summed E-state index contributed by atoms with van der Waals surface area (Å²) >= 11 is 6.13. The lowest BCUT2D eigenvalue weighted by atomic mass is 10.1. The minimum Gasteiger partial charge on any atom is -0.479 e. The molecule has 146 valence electrons. The highest BCUT2D eigenvalue weighted by Gasteiger charge is 2.24. The number of benzene rings is 2. The quantitative estimate of drug-likeness (QED) is 0.584. The number of nitrogens with zero attached hydrogens (tertiary/aromatic N) is 3. The number of hydrogen-bond acceptors (Lipinski definition) is 5. The van der Waals surface area contributed by atoms with Crippen LogP contribution in [0.4, 0.5) is 0 Å². The van der Waals surface area contributed by atoms with Crippen molar-refractivity contribution in [2.75, 3.05) is 7.05 Å². The van der Waals surface area contributed by atoms with E-state index in [0.29, 0.717) is 28.9 Å². The number of carbonyl (C=O) groups excluding carboxylic acids is 1. The third kappa shape index (κ3) is 4.70. The molecule has 0 aliphatic heterocycles. The first kappa shape index (κ1) is 19.9. The number of aromatic nitrogens is 2. The van der Waals surface area contributed by atoms with Gasteiger partial charge in [-0.15, -0.1) is 0 Å². The molecule has 0 spiro atoms. The molecule has 0 saturated carbocycles. The molecule has 3 aromatic rings. The zero-order chi connectivity index (χ0) is 20.1. The number of ether oxygens (including phenoxy) is 1. The van der Waals surface area contributed by atoms with Crippen molar-refractivity contribution in [3.63, 3.8) is 0 Å². The predicted octanol–water partition coefficient (Wildman–Crippen LogP) is 4.51. The summed E-state index contributed by atoms with van der Waals surface area (Å²) in [6.45, 7) is 4.09. The number of para-hydroxylation sites is 1. The fraction of sp³-hybridized carbons (Fsp3) is 0.286. The molecule has 2 aromatic carbocycles. The second kappa shape index (κ2) is 8.89. The number of likely N-dealkylation sites (N-methyl/N-ethyl adjacent to an activating group) is 1. The number of aryl methyl sites for hydroxylation is 1. The van der Waals surface area contributed by atoms with Crippen LogP contribution in [0.25, 0.3) is 11.4 Å². The number of halogens is 1. The van der Waals surface area contributed by atoms with Crippen molar-refractivity contribution < 1.29 is 14.1 Å². The van der Waals surface area contributed by atoms with Gasteiger partial charge in [0.15, 0.2) is 6.10 Å². The molecule has 1 aromatic heterocycles. The first-order valence-electron chi connectivity index (χ1n) is 9.03. The van der Waals surface area contributed by atoms with E-state index in [1.807, 2.05) is 50.2 Å². The Balaban J connectivity index is 1.66. The predicted molar refractivity (Wildman–Crippen MR) is 107 cm³/mol. The minimum atomic E-state index is -0.649. The van der Waals surface area contributed by atoms with Crippen molar-refractivity contribution in [2.24, 2.45) is 0 Å². The Morgan fingerprint density at radius 1 is 1.21 bits per heavy atom. The van der Waals surface area contributed by atoms with E-state index in [1.165, 1.54) is 4.90 Å². The van der Waals surface area contributed by atoms with Crippen molar-refractivity contribution in [3.8, 4) is 17.1 Å². The van der Waals surface area contributed by atoms with Crippen LogP contribution in [0.5, 0.6) is 5.75 Å². The van der Waals surface area contributed by atoms with Crippen molar-refractivity contribution in [3.05, 3.63) is 65.0 Å². The van der Waals surface area contributed by atoms with Gasteiger partial charge in [-0.3, -0.25) is 4.79 Å². The summed E-state index contributed by atoms with van der Waals surface area (Å²) < 4.78 is 11.1. The Hall–Kier alpha value is -2.86. The summed E-state index contributed by atoms with van der Waals surface area (Å²) in [5.41, 5.74) is 2.02. The summed E-state index contributed by atoms with van der Waals surface area (Å²) in [6.07, 6.45) is -0.142. The Labute approximate surface area is 169 Å². The largest absolute Gasteiger partial charge is 0.479 e. The van der Waals surface area contributed by atoms with Gasteiger partial charge in [0.1, 0.15) is 5.75 Å². The van der Waals surface area contributed by atoms with Crippen LogP contribution in [-0.2, 0) is 11.3 Å². The molecular weight excluding hydrogens is 378 g/mol. The average molecular weight is 400 g/mol. The normalized spacial score (nSPS) is 11.9. The van der Waals surface area contributed by atoms with Gasteiger partial charge < -0.3 is 14.2 Å². The van der Waals surface area contributed by atoms with Gasteiger partial charge in [-0.25, -0.2) is 0 Å². The highest BCUT2D eigenvalue weighted by molar-refractivity contribution is 6.32. The molecular formula is C21H22ClN3O3. The summed E-state index contributed by atoms with van der Waals surface area (Å²) in [4.78, 5) is 18.7.